The number of aromatic carboxylic acids is 1. The van der Waals surface area contributed by atoms with Crippen molar-refractivity contribution in [3.8, 4) is 0 Å². The number of carbonyl (C=O) groups excluding carboxylic acids is 1. The molecule has 0 aliphatic rings. The SMILES string of the molecule is CC(=O)c1nonc1C(=O)O. The van der Waals surface area contributed by atoms with Crippen LogP contribution < -0.4 is 0 Å². The van der Waals surface area contributed by atoms with Crippen molar-refractivity contribution in [2.75, 3.05) is 0 Å². The van der Waals surface area contributed by atoms with E-state index in [1.165, 1.54) is 6.92 Å². The molecule has 1 N–H and O–H groups in total. The van der Waals surface area contributed by atoms with Gasteiger partial charge in [0, 0.05) is 6.92 Å². The molecule has 6 heteroatoms. The summed E-state index contributed by atoms with van der Waals surface area (Å²) in [5.41, 5.74) is -0.699. The molecule has 0 bridgehead atoms. The van der Waals surface area contributed by atoms with Crippen LogP contribution in [0.2, 0.25) is 0 Å². The lowest BCUT2D eigenvalue weighted by Crippen LogP contribution is -2.05. The molecule has 1 aromatic rings. The molecular formula is C5H4N2O4. The van der Waals surface area contributed by atoms with Crippen LogP contribution in [0.1, 0.15) is 27.9 Å². The molecule has 58 valence electrons. The summed E-state index contributed by atoms with van der Waals surface area (Å²) in [7, 11) is 0. The summed E-state index contributed by atoms with van der Waals surface area (Å²) in [6.07, 6.45) is 0. The van der Waals surface area contributed by atoms with Gasteiger partial charge in [0.15, 0.2) is 11.5 Å². The van der Waals surface area contributed by atoms with Gasteiger partial charge in [0.2, 0.25) is 5.69 Å². The maximum absolute atomic E-state index is 10.6. The van der Waals surface area contributed by atoms with Gasteiger partial charge in [-0.15, -0.1) is 0 Å². The molecule has 0 spiro atoms. The molecular weight excluding hydrogens is 152 g/mol. The number of carbonyl (C=O) groups is 2. The van der Waals surface area contributed by atoms with Gasteiger partial charge in [-0.3, -0.25) is 4.79 Å². The third-order valence-corrected chi connectivity index (χ3v) is 1.02. The quantitative estimate of drug-likeness (QED) is 0.604. The first-order valence-corrected chi connectivity index (χ1v) is 2.69. The van der Waals surface area contributed by atoms with E-state index in [9.17, 15) is 9.59 Å². The smallest absolute Gasteiger partial charge is 0.360 e. The highest BCUT2D eigenvalue weighted by atomic mass is 16.6. The Morgan fingerprint density at radius 2 is 1.91 bits per heavy atom. The summed E-state index contributed by atoms with van der Waals surface area (Å²) in [6.45, 7) is 1.19. The highest BCUT2D eigenvalue weighted by molar-refractivity contribution is 6.01. The van der Waals surface area contributed by atoms with Crippen LogP contribution in [0, 0.1) is 0 Å². The number of rotatable bonds is 2. The average Bonchev–Trinajstić information content (AvgIpc) is 2.32. The third kappa shape index (κ3) is 1.23. The predicted molar refractivity (Wildman–Crippen MR) is 31.3 cm³/mol. The summed E-state index contributed by atoms with van der Waals surface area (Å²) in [5.74, 6) is -1.81. The summed E-state index contributed by atoms with van der Waals surface area (Å²) in [4.78, 5) is 20.9. The number of Topliss-reactive ketones (excluding diaryl/α,β-unsaturated/α-hetero) is 1. The van der Waals surface area contributed by atoms with E-state index in [0.717, 1.165) is 0 Å². The van der Waals surface area contributed by atoms with Crippen LogP contribution in [-0.4, -0.2) is 27.2 Å². The fraction of sp³-hybridized carbons (Fsp3) is 0.200. The van der Waals surface area contributed by atoms with E-state index in [1.54, 1.807) is 0 Å². The van der Waals surface area contributed by atoms with E-state index in [0.29, 0.717) is 0 Å². The van der Waals surface area contributed by atoms with Crippen LogP contribution in [0.15, 0.2) is 4.63 Å². The minimum absolute atomic E-state index is 0.252. The zero-order valence-electron chi connectivity index (χ0n) is 5.57. The van der Waals surface area contributed by atoms with Crippen molar-refractivity contribution in [1.29, 1.82) is 0 Å². The topological polar surface area (TPSA) is 93.3 Å². The van der Waals surface area contributed by atoms with Crippen LogP contribution in [-0.2, 0) is 0 Å². The van der Waals surface area contributed by atoms with Crippen molar-refractivity contribution in [2.45, 2.75) is 6.92 Å². The molecule has 0 unspecified atom stereocenters. The Bertz CT molecular complexity index is 275. The first-order chi connectivity index (χ1) is 5.13. The Labute approximate surface area is 60.8 Å². The number of carboxylic acid groups (broad SMARTS) is 1. The fourth-order valence-corrected chi connectivity index (χ4v) is 0.560. The normalized spacial score (nSPS) is 9.55. The Kier molecular flexibility index (Phi) is 1.67. The number of ketones is 1. The zero-order valence-corrected chi connectivity index (χ0v) is 5.57. The van der Waals surface area contributed by atoms with Gasteiger partial charge in [-0.2, -0.15) is 0 Å². The molecule has 0 saturated heterocycles. The maximum Gasteiger partial charge on any atom is 0.360 e. The summed E-state index contributed by atoms with van der Waals surface area (Å²) in [5, 5.41) is 14.5. The second kappa shape index (κ2) is 2.49. The second-order valence-corrected chi connectivity index (χ2v) is 1.82. The Morgan fingerprint density at radius 3 is 2.27 bits per heavy atom. The van der Waals surface area contributed by atoms with E-state index in [4.69, 9.17) is 5.11 Å². The number of hydrogen-bond donors (Lipinski definition) is 1. The lowest BCUT2D eigenvalue weighted by Gasteiger charge is -1.84. The van der Waals surface area contributed by atoms with Gasteiger partial charge < -0.3 is 5.11 Å². The molecule has 0 atom stereocenters. The lowest BCUT2D eigenvalue weighted by molar-refractivity contribution is 0.0681. The highest BCUT2D eigenvalue weighted by Crippen LogP contribution is 2.02. The number of aromatic nitrogens is 2. The maximum atomic E-state index is 10.6. The molecule has 0 aromatic carbocycles. The summed E-state index contributed by atoms with van der Waals surface area (Å²) in [6, 6.07) is 0. The van der Waals surface area contributed by atoms with E-state index < -0.39 is 17.4 Å². The Balaban J connectivity index is 3.16. The molecule has 1 rings (SSSR count). The van der Waals surface area contributed by atoms with E-state index in [-0.39, 0.29) is 5.69 Å². The van der Waals surface area contributed by atoms with E-state index >= 15 is 0 Å². The van der Waals surface area contributed by atoms with Gasteiger partial charge in [0.1, 0.15) is 0 Å². The average molecular weight is 156 g/mol. The molecule has 0 aliphatic carbocycles. The van der Waals surface area contributed by atoms with Crippen LogP contribution in [0.3, 0.4) is 0 Å². The van der Waals surface area contributed by atoms with Crippen LogP contribution in [0.25, 0.3) is 0 Å². The number of carboxylic acids is 1. The molecule has 11 heavy (non-hydrogen) atoms. The highest BCUT2D eigenvalue weighted by Gasteiger charge is 2.19. The first kappa shape index (κ1) is 7.39. The second-order valence-electron chi connectivity index (χ2n) is 1.82. The van der Waals surface area contributed by atoms with Crippen molar-refractivity contribution in [1.82, 2.24) is 10.3 Å². The monoisotopic (exact) mass is 156 g/mol. The molecule has 0 amide bonds. The van der Waals surface area contributed by atoms with Crippen molar-refractivity contribution in [2.24, 2.45) is 0 Å². The van der Waals surface area contributed by atoms with Crippen molar-refractivity contribution >= 4 is 11.8 Å². The minimum Gasteiger partial charge on any atom is -0.476 e. The summed E-state index contributed by atoms with van der Waals surface area (Å²) >= 11 is 0. The van der Waals surface area contributed by atoms with Gasteiger partial charge in [-0.25, -0.2) is 9.42 Å². The van der Waals surface area contributed by atoms with Gasteiger partial charge in [0.05, 0.1) is 0 Å². The van der Waals surface area contributed by atoms with Crippen LogP contribution in [0.5, 0.6) is 0 Å². The predicted octanol–water partition coefficient (Wildman–Crippen LogP) is -0.0296. The number of nitrogens with zero attached hydrogens (tertiary/aromatic N) is 2. The Morgan fingerprint density at radius 1 is 1.36 bits per heavy atom. The number of hydrogen-bond acceptors (Lipinski definition) is 5. The van der Waals surface area contributed by atoms with Gasteiger partial charge in [0.25, 0.3) is 0 Å². The zero-order chi connectivity index (χ0) is 8.43. The third-order valence-electron chi connectivity index (χ3n) is 1.02. The summed E-state index contributed by atoms with van der Waals surface area (Å²) < 4.78 is 4.07. The Hall–Kier alpha value is -1.72. The van der Waals surface area contributed by atoms with Crippen LogP contribution >= 0.6 is 0 Å². The fourth-order valence-electron chi connectivity index (χ4n) is 0.560. The molecule has 6 nitrogen and oxygen atoms in total. The van der Waals surface area contributed by atoms with Crippen LogP contribution in [0.4, 0.5) is 0 Å². The van der Waals surface area contributed by atoms with E-state index in [1.807, 2.05) is 0 Å². The molecule has 0 fully saturated rings. The molecule has 0 aliphatic heterocycles. The first-order valence-electron chi connectivity index (χ1n) is 2.69. The largest absolute Gasteiger partial charge is 0.476 e. The van der Waals surface area contributed by atoms with Gasteiger partial charge in [-0.1, -0.05) is 0 Å². The molecule has 1 aromatic heterocycles. The van der Waals surface area contributed by atoms with Gasteiger partial charge in [-0.05, 0) is 10.3 Å². The lowest BCUT2D eigenvalue weighted by atomic mass is 10.2. The minimum atomic E-state index is -1.32. The van der Waals surface area contributed by atoms with E-state index in [2.05, 4.69) is 14.9 Å². The molecule has 0 saturated carbocycles. The van der Waals surface area contributed by atoms with Crippen molar-refractivity contribution < 1.29 is 19.3 Å². The van der Waals surface area contributed by atoms with Gasteiger partial charge >= 0.3 is 5.97 Å². The van der Waals surface area contributed by atoms with Crippen molar-refractivity contribution in [3.63, 3.8) is 0 Å². The molecule has 1 heterocycles. The standard InChI is InChI=1S/C5H4N2O4/c1-2(8)3-4(5(9)10)7-11-6-3/h1H3,(H,9,10). The molecule has 0 radical (unpaired) electrons. The van der Waals surface area contributed by atoms with Crippen molar-refractivity contribution in [3.05, 3.63) is 11.4 Å².